The molecule has 2 atom stereocenters. The molecule has 0 aromatic heterocycles. The van der Waals surface area contributed by atoms with Gasteiger partial charge in [-0.1, -0.05) is 22.0 Å². The molecule has 0 bridgehead atoms. The smallest absolute Gasteiger partial charge is 0.194 e. The SMILES string of the molecule is O[C@@H]1CC(c2cc(F)c(F)c(F)c2)Oc2cc(Br)ccc21. The van der Waals surface area contributed by atoms with Crippen molar-refractivity contribution in [2.24, 2.45) is 0 Å². The van der Waals surface area contributed by atoms with Gasteiger partial charge < -0.3 is 9.84 Å². The van der Waals surface area contributed by atoms with Crippen molar-refractivity contribution in [3.05, 3.63) is 63.4 Å². The predicted octanol–water partition coefficient (Wildman–Crippen LogP) is 4.42. The highest BCUT2D eigenvalue weighted by atomic mass is 79.9. The Labute approximate surface area is 127 Å². The lowest BCUT2D eigenvalue weighted by atomic mass is 9.95. The first-order valence-corrected chi connectivity index (χ1v) is 7.03. The first-order chi connectivity index (χ1) is 9.95. The van der Waals surface area contributed by atoms with E-state index in [-0.39, 0.29) is 12.0 Å². The molecule has 1 heterocycles. The van der Waals surface area contributed by atoms with E-state index < -0.39 is 29.7 Å². The number of hydrogen-bond acceptors (Lipinski definition) is 2. The van der Waals surface area contributed by atoms with E-state index in [9.17, 15) is 18.3 Å². The first-order valence-electron chi connectivity index (χ1n) is 6.24. The van der Waals surface area contributed by atoms with Gasteiger partial charge in [-0.15, -0.1) is 0 Å². The molecule has 3 rings (SSSR count). The fourth-order valence-corrected chi connectivity index (χ4v) is 2.72. The topological polar surface area (TPSA) is 29.5 Å². The fraction of sp³-hybridized carbons (Fsp3) is 0.200. The summed E-state index contributed by atoms with van der Waals surface area (Å²) in [6, 6.07) is 6.92. The number of fused-ring (bicyclic) bond motifs is 1. The Balaban J connectivity index is 1.99. The van der Waals surface area contributed by atoms with E-state index in [1.807, 2.05) is 0 Å². The summed E-state index contributed by atoms with van der Waals surface area (Å²) in [4.78, 5) is 0. The zero-order valence-corrected chi connectivity index (χ0v) is 12.2. The Bertz CT molecular complexity index is 682. The normalized spacial score (nSPS) is 20.8. The standard InChI is InChI=1S/C15H10BrF3O2/c16-8-1-2-9-12(20)6-13(21-14(9)5-8)7-3-10(17)15(19)11(18)4-7/h1-5,12-13,20H,6H2/t12-,13?/m1/s1. The first kappa shape index (κ1) is 14.4. The molecular weight excluding hydrogens is 349 g/mol. The third-order valence-electron chi connectivity index (χ3n) is 3.42. The van der Waals surface area contributed by atoms with Crippen LogP contribution in [0, 0.1) is 17.5 Å². The lowest BCUT2D eigenvalue weighted by Crippen LogP contribution is -2.19. The van der Waals surface area contributed by atoms with Crippen LogP contribution >= 0.6 is 15.9 Å². The molecule has 1 unspecified atom stereocenters. The van der Waals surface area contributed by atoms with E-state index in [1.165, 1.54) is 0 Å². The molecule has 0 aliphatic carbocycles. The molecule has 0 radical (unpaired) electrons. The minimum atomic E-state index is -1.52. The molecule has 0 fully saturated rings. The van der Waals surface area contributed by atoms with Crippen LogP contribution in [0.2, 0.25) is 0 Å². The largest absolute Gasteiger partial charge is 0.485 e. The fourth-order valence-electron chi connectivity index (χ4n) is 2.38. The molecule has 110 valence electrons. The van der Waals surface area contributed by atoms with Gasteiger partial charge in [0.2, 0.25) is 0 Å². The molecule has 1 N–H and O–H groups in total. The minimum Gasteiger partial charge on any atom is -0.485 e. The number of hydrogen-bond donors (Lipinski definition) is 1. The Hall–Kier alpha value is -1.53. The van der Waals surface area contributed by atoms with Crippen molar-refractivity contribution >= 4 is 15.9 Å². The maximum Gasteiger partial charge on any atom is 0.194 e. The summed E-state index contributed by atoms with van der Waals surface area (Å²) < 4.78 is 46.1. The van der Waals surface area contributed by atoms with Crippen molar-refractivity contribution in [3.63, 3.8) is 0 Å². The Morgan fingerprint density at radius 1 is 1.10 bits per heavy atom. The number of benzene rings is 2. The van der Waals surface area contributed by atoms with Gasteiger partial charge in [-0.25, -0.2) is 13.2 Å². The average Bonchev–Trinajstić information content (AvgIpc) is 2.43. The quantitative estimate of drug-likeness (QED) is 0.764. The van der Waals surface area contributed by atoms with Crippen LogP contribution in [0.25, 0.3) is 0 Å². The van der Waals surface area contributed by atoms with Gasteiger partial charge in [0.1, 0.15) is 11.9 Å². The molecule has 2 aromatic rings. The third-order valence-corrected chi connectivity index (χ3v) is 3.91. The van der Waals surface area contributed by atoms with Crippen molar-refractivity contribution in [1.29, 1.82) is 0 Å². The third kappa shape index (κ3) is 2.65. The van der Waals surface area contributed by atoms with Gasteiger partial charge in [-0.3, -0.25) is 0 Å². The van der Waals surface area contributed by atoms with E-state index in [0.717, 1.165) is 16.6 Å². The van der Waals surface area contributed by atoms with Crippen LogP contribution in [0.3, 0.4) is 0 Å². The highest BCUT2D eigenvalue weighted by Crippen LogP contribution is 2.42. The van der Waals surface area contributed by atoms with Crippen LogP contribution in [0.15, 0.2) is 34.8 Å². The molecule has 0 amide bonds. The summed E-state index contributed by atoms with van der Waals surface area (Å²) in [6.07, 6.45) is -1.42. The molecule has 1 aliphatic heterocycles. The van der Waals surface area contributed by atoms with Crippen molar-refractivity contribution in [1.82, 2.24) is 0 Å². The summed E-state index contributed by atoms with van der Waals surface area (Å²) >= 11 is 3.29. The van der Waals surface area contributed by atoms with Crippen LogP contribution in [-0.2, 0) is 0 Å². The van der Waals surface area contributed by atoms with Gasteiger partial charge in [0.15, 0.2) is 17.5 Å². The van der Waals surface area contributed by atoms with Gasteiger partial charge in [-0.05, 0) is 29.8 Å². The molecule has 0 spiro atoms. The van der Waals surface area contributed by atoms with Gasteiger partial charge >= 0.3 is 0 Å². The van der Waals surface area contributed by atoms with E-state index in [4.69, 9.17) is 4.74 Å². The number of aliphatic hydroxyl groups excluding tert-OH is 1. The van der Waals surface area contributed by atoms with E-state index >= 15 is 0 Å². The summed E-state index contributed by atoms with van der Waals surface area (Å²) in [5.41, 5.74) is 0.758. The predicted molar refractivity (Wildman–Crippen MR) is 73.4 cm³/mol. The van der Waals surface area contributed by atoms with Crippen LogP contribution in [-0.4, -0.2) is 5.11 Å². The molecule has 1 aliphatic rings. The van der Waals surface area contributed by atoms with Crippen LogP contribution in [0.1, 0.15) is 29.8 Å². The molecule has 0 saturated carbocycles. The summed E-state index contributed by atoms with van der Waals surface area (Å²) in [7, 11) is 0. The highest BCUT2D eigenvalue weighted by molar-refractivity contribution is 9.10. The van der Waals surface area contributed by atoms with E-state index in [0.29, 0.717) is 11.3 Å². The molecule has 0 saturated heterocycles. The second-order valence-electron chi connectivity index (χ2n) is 4.84. The molecule has 21 heavy (non-hydrogen) atoms. The number of rotatable bonds is 1. The molecule has 2 nitrogen and oxygen atoms in total. The van der Waals surface area contributed by atoms with E-state index in [2.05, 4.69) is 15.9 Å². The van der Waals surface area contributed by atoms with Crippen molar-refractivity contribution in [3.8, 4) is 5.75 Å². The van der Waals surface area contributed by atoms with Gasteiger partial charge in [0.25, 0.3) is 0 Å². The summed E-state index contributed by atoms with van der Waals surface area (Å²) in [5.74, 6) is -3.64. The van der Waals surface area contributed by atoms with Crippen LogP contribution in [0.4, 0.5) is 13.2 Å². The zero-order chi connectivity index (χ0) is 15.1. The second-order valence-corrected chi connectivity index (χ2v) is 5.75. The van der Waals surface area contributed by atoms with Crippen molar-refractivity contribution in [2.45, 2.75) is 18.6 Å². The van der Waals surface area contributed by atoms with Crippen LogP contribution < -0.4 is 4.74 Å². The highest BCUT2D eigenvalue weighted by Gasteiger charge is 2.29. The zero-order valence-electron chi connectivity index (χ0n) is 10.6. The minimum absolute atomic E-state index is 0.138. The van der Waals surface area contributed by atoms with Crippen molar-refractivity contribution < 1.29 is 23.0 Å². The van der Waals surface area contributed by atoms with E-state index in [1.54, 1.807) is 18.2 Å². The maximum absolute atomic E-state index is 13.3. The molecule has 2 aromatic carbocycles. The summed E-state index contributed by atoms with van der Waals surface area (Å²) in [5, 5.41) is 10.1. The number of aliphatic hydroxyl groups is 1. The average molecular weight is 359 g/mol. The van der Waals surface area contributed by atoms with Crippen molar-refractivity contribution in [2.75, 3.05) is 0 Å². The monoisotopic (exact) mass is 358 g/mol. The summed E-state index contributed by atoms with van der Waals surface area (Å²) in [6.45, 7) is 0. The number of halogens is 4. The Morgan fingerprint density at radius 3 is 2.43 bits per heavy atom. The lowest BCUT2D eigenvalue weighted by Gasteiger charge is -2.30. The second kappa shape index (κ2) is 5.35. The molecular formula is C15H10BrF3O2. The lowest BCUT2D eigenvalue weighted by molar-refractivity contribution is 0.0652. The van der Waals surface area contributed by atoms with Gasteiger partial charge in [-0.2, -0.15) is 0 Å². The van der Waals surface area contributed by atoms with Gasteiger partial charge in [0, 0.05) is 16.5 Å². The number of ether oxygens (including phenoxy) is 1. The Morgan fingerprint density at radius 2 is 1.76 bits per heavy atom. The van der Waals surface area contributed by atoms with Gasteiger partial charge in [0.05, 0.1) is 6.10 Å². The Kier molecular flexibility index (Phi) is 3.67. The molecule has 6 heteroatoms. The van der Waals surface area contributed by atoms with Crippen LogP contribution in [0.5, 0.6) is 5.75 Å². The maximum atomic E-state index is 13.3.